The molecular weight excluding hydrogens is 318 g/mol. The predicted octanol–water partition coefficient (Wildman–Crippen LogP) is 1.51. The maximum absolute atomic E-state index is 12.3. The molecule has 1 N–H and O–H groups in total. The van der Waals surface area contributed by atoms with E-state index in [4.69, 9.17) is 4.74 Å². The van der Waals surface area contributed by atoms with E-state index in [1.54, 1.807) is 12.0 Å². The Morgan fingerprint density at radius 3 is 2.92 bits per heavy atom. The maximum atomic E-state index is 12.3. The molecule has 3 rings (SSSR count). The molecule has 2 saturated heterocycles. The standard InChI is InChI=1S/C19H27N3O3/c1-3-21-13-15(9-18(21)23)19(24)20-11-14-7-8-22(12-14)16-5-4-6-17(10-16)25-2/h4-6,10,14-15H,3,7-9,11-13H2,1-2H3,(H,20,24). The highest BCUT2D eigenvalue weighted by atomic mass is 16.5. The zero-order valence-corrected chi connectivity index (χ0v) is 15.0. The second-order valence-corrected chi connectivity index (χ2v) is 6.88. The SMILES string of the molecule is CCN1CC(C(=O)NCC2CCN(c3cccc(OC)c3)C2)CC1=O. The lowest BCUT2D eigenvalue weighted by Gasteiger charge is -2.20. The molecule has 25 heavy (non-hydrogen) atoms. The Balaban J connectivity index is 1.47. The third-order valence-electron chi connectivity index (χ3n) is 5.24. The summed E-state index contributed by atoms with van der Waals surface area (Å²) in [5.74, 6) is 1.22. The minimum absolute atomic E-state index is 0.0177. The fourth-order valence-electron chi connectivity index (χ4n) is 3.68. The van der Waals surface area contributed by atoms with E-state index in [-0.39, 0.29) is 17.7 Å². The number of carbonyl (C=O) groups is 2. The zero-order chi connectivity index (χ0) is 17.8. The molecule has 6 heteroatoms. The van der Waals surface area contributed by atoms with Crippen molar-refractivity contribution in [2.75, 3.05) is 44.7 Å². The highest BCUT2D eigenvalue weighted by molar-refractivity contribution is 5.89. The van der Waals surface area contributed by atoms with E-state index in [9.17, 15) is 9.59 Å². The van der Waals surface area contributed by atoms with Crippen LogP contribution in [0, 0.1) is 11.8 Å². The first-order valence-corrected chi connectivity index (χ1v) is 9.05. The van der Waals surface area contributed by atoms with Crippen molar-refractivity contribution < 1.29 is 14.3 Å². The monoisotopic (exact) mass is 345 g/mol. The van der Waals surface area contributed by atoms with Crippen LogP contribution in [0.1, 0.15) is 19.8 Å². The molecule has 2 heterocycles. The molecule has 0 saturated carbocycles. The number of methoxy groups -OCH3 is 1. The Hall–Kier alpha value is -2.24. The van der Waals surface area contributed by atoms with Crippen molar-refractivity contribution >= 4 is 17.5 Å². The summed E-state index contributed by atoms with van der Waals surface area (Å²) >= 11 is 0. The van der Waals surface area contributed by atoms with Crippen molar-refractivity contribution in [1.82, 2.24) is 10.2 Å². The lowest BCUT2D eigenvalue weighted by molar-refractivity contribution is -0.128. The van der Waals surface area contributed by atoms with E-state index >= 15 is 0 Å². The van der Waals surface area contributed by atoms with Crippen LogP contribution in [0.5, 0.6) is 5.75 Å². The topological polar surface area (TPSA) is 61.9 Å². The van der Waals surface area contributed by atoms with Gasteiger partial charge in [-0.25, -0.2) is 0 Å². The summed E-state index contributed by atoms with van der Waals surface area (Å²) < 4.78 is 5.29. The normalized spacial score (nSPS) is 23.2. The van der Waals surface area contributed by atoms with Crippen LogP contribution in [0.15, 0.2) is 24.3 Å². The molecule has 2 unspecified atom stereocenters. The van der Waals surface area contributed by atoms with Crippen LogP contribution in [0.3, 0.4) is 0 Å². The summed E-state index contributed by atoms with van der Waals surface area (Å²) in [6, 6.07) is 8.08. The third kappa shape index (κ3) is 4.06. The number of benzene rings is 1. The number of nitrogens with one attached hydrogen (secondary N) is 1. The van der Waals surface area contributed by atoms with E-state index in [1.807, 2.05) is 25.1 Å². The number of likely N-dealkylation sites (tertiary alicyclic amines) is 1. The second kappa shape index (κ2) is 7.76. The molecule has 136 valence electrons. The van der Waals surface area contributed by atoms with Gasteiger partial charge < -0.3 is 19.9 Å². The van der Waals surface area contributed by atoms with Gasteiger partial charge in [0.1, 0.15) is 5.75 Å². The van der Waals surface area contributed by atoms with Crippen LogP contribution in [0.2, 0.25) is 0 Å². The van der Waals surface area contributed by atoms with Gasteiger partial charge in [0.15, 0.2) is 0 Å². The summed E-state index contributed by atoms with van der Waals surface area (Å²) in [6.45, 7) is 5.78. The van der Waals surface area contributed by atoms with Crippen LogP contribution in [-0.2, 0) is 9.59 Å². The Morgan fingerprint density at radius 1 is 1.36 bits per heavy atom. The van der Waals surface area contributed by atoms with Crippen molar-refractivity contribution in [2.24, 2.45) is 11.8 Å². The third-order valence-corrected chi connectivity index (χ3v) is 5.24. The molecule has 0 aromatic heterocycles. The van der Waals surface area contributed by atoms with Gasteiger partial charge in [-0.2, -0.15) is 0 Å². The minimum Gasteiger partial charge on any atom is -0.497 e. The molecule has 0 radical (unpaired) electrons. The summed E-state index contributed by atoms with van der Waals surface area (Å²) in [7, 11) is 1.68. The van der Waals surface area contributed by atoms with E-state index in [2.05, 4.69) is 16.3 Å². The number of nitrogens with zero attached hydrogens (tertiary/aromatic N) is 2. The molecule has 2 atom stereocenters. The van der Waals surface area contributed by atoms with Crippen LogP contribution in [0.25, 0.3) is 0 Å². The average Bonchev–Trinajstić information content (AvgIpc) is 3.26. The number of amides is 2. The molecule has 0 bridgehead atoms. The first kappa shape index (κ1) is 17.6. The fourth-order valence-corrected chi connectivity index (χ4v) is 3.68. The van der Waals surface area contributed by atoms with Crippen molar-refractivity contribution in [1.29, 1.82) is 0 Å². The zero-order valence-electron chi connectivity index (χ0n) is 15.0. The Kier molecular flexibility index (Phi) is 5.46. The van der Waals surface area contributed by atoms with Crippen LogP contribution in [0.4, 0.5) is 5.69 Å². The number of hydrogen-bond acceptors (Lipinski definition) is 4. The summed E-state index contributed by atoms with van der Waals surface area (Å²) in [5, 5.41) is 3.06. The Bertz CT molecular complexity index is 634. The number of hydrogen-bond donors (Lipinski definition) is 1. The van der Waals surface area contributed by atoms with Gasteiger partial charge in [0, 0.05) is 50.9 Å². The highest BCUT2D eigenvalue weighted by Crippen LogP contribution is 2.26. The smallest absolute Gasteiger partial charge is 0.225 e. The number of carbonyl (C=O) groups excluding carboxylic acids is 2. The van der Waals surface area contributed by atoms with E-state index in [1.165, 1.54) is 0 Å². The average molecular weight is 345 g/mol. The molecule has 1 aromatic carbocycles. The lowest BCUT2D eigenvalue weighted by atomic mass is 10.1. The Labute approximate surface area is 149 Å². The van der Waals surface area contributed by atoms with E-state index < -0.39 is 0 Å². The van der Waals surface area contributed by atoms with Gasteiger partial charge in [-0.3, -0.25) is 9.59 Å². The Morgan fingerprint density at radius 2 is 2.20 bits per heavy atom. The summed E-state index contributed by atoms with van der Waals surface area (Å²) in [4.78, 5) is 28.2. The predicted molar refractivity (Wildman–Crippen MR) is 96.7 cm³/mol. The van der Waals surface area contributed by atoms with Gasteiger partial charge in [0.25, 0.3) is 0 Å². The molecule has 6 nitrogen and oxygen atoms in total. The van der Waals surface area contributed by atoms with E-state index in [0.29, 0.717) is 32.0 Å². The van der Waals surface area contributed by atoms with Gasteiger partial charge in [-0.05, 0) is 31.4 Å². The first-order valence-electron chi connectivity index (χ1n) is 9.05. The van der Waals surface area contributed by atoms with Crippen molar-refractivity contribution in [3.63, 3.8) is 0 Å². The quantitative estimate of drug-likeness (QED) is 0.849. The maximum Gasteiger partial charge on any atom is 0.225 e. The molecule has 2 aliphatic heterocycles. The molecule has 2 aliphatic rings. The van der Waals surface area contributed by atoms with Crippen LogP contribution < -0.4 is 15.0 Å². The summed E-state index contributed by atoms with van der Waals surface area (Å²) in [5.41, 5.74) is 1.16. The van der Waals surface area contributed by atoms with Gasteiger partial charge in [0.2, 0.25) is 11.8 Å². The van der Waals surface area contributed by atoms with Crippen LogP contribution >= 0.6 is 0 Å². The number of ether oxygens (including phenoxy) is 1. The fraction of sp³-hybridized carbons (Fsp3) is 0.579. The molecular formula is C19H27N3O3. The van der Waals surface area contributed by atoms with Gasteiger partial charge >= 0.3 is 0 Å². The molecule has 0 aliphatic carbocycles. The molecule has 0 spiro atoms. The number of anilines is 1. The van der Waals surface area contributed by atoms with Crippen molar-refractivity contribution in [3.8, 4) is 5.75 Å². The highest BCUT2D eigenvalue weighted by Gasteiger charge is 2.33. The van der Waals surface area contributed by atoms with Crippen LogP contribution in [-0.4, -0.2) is 56.5 Å². The molecule has 1 aromatic rings. The van der Waals surface area contributed by atoms with Gasteiger partial charge in [0.05, 0.1) is 13.0 Å². The van der Waals surface area contributed by atoms with Crippen molar-refractivity contribution in [3.05, 3.63) is 24.3 Å². The van der Waals surface area contributed by atoms with Gasteiger partial charge in [-0.1, -0.05) is 6.07 Å². The second-order valence-electron chi connectivity index (χ2n) is 6.88. The molecule has 2 amide bonds. The number of rotatable bonds is 6. The molecule has 2 fully saturated rings. The largest absolute Gasteiger partial charge is 0.497 e. The lowest BCUT2D eigenvalue weighted by Crippen LogP contribution is -2.36. The van der Waals surface area contributed by atoms with E-state index in [0.717, 1.165) is 30.9 Å². The van der Waals surface area contributed by atoms with Gasteiger partial charge in [-0.15, -0.1) is 0 Å². The summed E-state index contributed by atoms with van der Waals surface area (Å²) in [6.07, 6.45) is 1.41. The van der Waals surface area contributed by atoms with Crippen molar-refractivity contribution in [2.45, 2.75) is 19.8 Å². The minimum atomic E-state index is -0.191. The first-order chi connectivity index (χ1) is 12.1.